The van der Waals surface area contributed by atoms with Gasteiger partial charge in [-0.25, -0.2) is 0 Å². The largest absolute Gasteiger partial charge is 0.399 e. The van der Waals surface area contributed by atoms with Crippen molar-refractivity contribution in [1.29, 1.82) is 0 Å². The molecule has 1 radical (unpaired) electrons. The maximum atomic E-state index is 5.72. The standard InChI is InChI=1S/C14H14N/c1-11-9-14(15)8-7-13(11)10-12-5-3-2-4-6-12/h3-9H,10,15H2,1H3. The second-order valence-electron chi connectivity index (χ2n) is 3.77. The third kappa shape index (κ3) is 2.38. The van der Waals surface area contributed by atoms with Crippen molar-refractivity contribution in [1.82, 2.24) is 0 Å². The van der Waals surface area contributed by atoms with Gasteiger partial charge in [-0.3, -0.25) is 0 Å². The fraction of sp³-hybridized carbons (Fsp3) is 0.143. The van der Waals surface area contributed by atoms with E-state index in [-0.39, 0.29) is 0 Å². The van der Waals surface area contributed by atoms with E-state index in [1.54, 1.807) is 0 Å². The van der Waals surface area contributed by atoms with Gasteiger partial charge in [-0.05, 0) is 48.2 Å². The van der Waals surface area contributed by atoms with Crippen LogP contribution in [0.15, 0.2) is 42.5 Å². The quantitative estimate of drug-likeness (QED) is 0.734. The van der Waals surface area contributed by atoms with Crippen LogP contribution >= 0.6 is 0 Å². The number of nitrogen functional groups attached to an aromatic ring is 1. The van der Waals surface area contributed by atoms with Crippen molar-refractivity contribution in [2.45, 2.75) is 13.3 Å². The molecule has 2 N–H and O–H groups in total. The third-order valence-electron chi connectivity index (χ3n) is 2.55. The molecule has 2 aromatic carbocycles. The molecule has 0 bridgehead atoms. The summed E-state index contributed by atoms with van der Waals surface area (Å²) in [6, 6.07) is 17.2. The molecule has 15 heavy (non-hydrogen) atoms. The van der Waals surface area contributed by atoms with Crippen LogP contribution in [0.1, 0.15) is 16.7 Å². The van der Waals surface area contributed by atoms with Crippen LogP contribution in [0.5, 0.6) is 0 Å². The molecule has 0 heterocycles. The van der Waals surface area contributed by atoms with E-state index in [0.717, 1.165) is 12.1 Å². The van der Waals surface area contributed by atoms with Crippen molar-refractivity contribution in [3.63, 3.8) is 0 Å². The molecule has 0 aliphatic heterocycles. The van der Waals surface area contributed by atoms with E-state index in [0.29, 0.717) is 0 Å². The lowest BCUT2D eigenvalue weighted by molar-refractivity contribution is 1.16. The van der Waals surface area contributed by atoms with Crippen LogP contribution in [0.4, 0.5) is 5.69 Å². The molecular formula is C14H14N. The number of benzene rings is 2. The molecule has 2 rings (SSSR count). The Labute approximate surface area is 90.6 Å². The molecule has 0 spiro atoms. The fourth-order valence-electron chi connectivity index (χ4n) is 1.68. The SMILES string of the molecule is Cc1cc(N)ccc1Cc1cc[c]cc1. The predicted octanol–water partition coefficient (Wildman–Crippen LogP) is 2.97. The van der Waals surface area contributed by atoms with Crippen molar-refractivity contribution in [3.05, 3.63) is 65.2 Å². The molecule has 75 valence electrons. The van der Waals surface area contributed by atoms with Crippen molar-refractivity contribution in [2.75, 3.05) is 5.73 Å². The summed E-state index contributed by atoms with van der Waals surface area (Å²) in [7, 11) is 0. The van der Waals surface area contributed by atoms with E-state index in [1.165, 1.54) is 16.7 Å². The lowest BCUT2D eigenvalue weighted by Gasteiger charge is -2.06. The average molecular weight is 196 g/mol. The van der Waals surface area contributed by atoms with Crippen molar-refractivity contribution < 1.29 is 0 Å². The summed E-state index contributed by atoms with van der Waals surface area (Å²) in [5.41, 5.74) is 10.4. The molecule has 0 aliphatic rings. The Kier molecular flexibility index (Phi) is 2.72. The van der Waals surface area contributed by atoms with Gasteiger partial charge in [-0.15, -0.1) is 0 Å². The van der Waals surface area contributed by atoms with E-state index in [2.05, 4.69) is 31.2 Å². The Balaban J connectivity index is 2.25. The smallest absolute Gasteiger partial charge is 0.0316 e. The van der Waals surface area contributed by atoms with E-state index >= 15 is 0 Å². The van der Waals surface area contributed by atoms with Gasteiger partial charge in [0.25, 0.3) is 0 Å². The molecular weight excluding hydrogens is 182 g/mol. The number of aryl methyl sites for hydroxylation is 1. The Morgan fingerprint density at radius 1 is 1.13 bits per heavy atom. The van der Waals surface area contributed by atoms with Crippen molar-refractivity contribution >= 4 is 5.69 Å². The van der Waals surface area contributed by atoms with Gasteiger partial charge in [0.1, 0.15) is 0 Å². The first-order valence-electron chi connectivity index (χ1n) is 5.06. The second kappa shape index (κ2) is 4.18. The predicted molar refractivity (Wildman–Crippen MR) is 63.7 cm³/mol. The highest BCUT2D eigenvalue weighted by atomic mass is 14.5. The first-order chi connectivity index (χ1) is 7.25. The summed E-state index contributed by atoms with van der Waals surface area (Å²) in [4.78, 5) is 0. The molecule has 1 heteroatoms. The fourth-order valence-corrected chi connectivity index (χ4v) is 1.68. The van der Waals surface area contributed by atoms with E-state index in [9.17, 15) is 0 Å². The summed E-state index contributed by atoms with van der Waals surface area (Å²) in [6.07, 6.45) is 0.959. The number of hydrogen-bond donors (Lipinski definition) is 1. The number of hydrogen-bond acceptors (Lipinski definition) is 1. The molecule has 2 aromatic rings. The van der Waals surface area contributed by atoms with Crippen LogP contribution < -0.4 is 5.73 Å². The lowest BCUT2D eigenvalue weighted by atomic mass is 10.0. The number of nitrogens with two attached hydrogens (primary N) is 1. The topological polar surface area (TPSA) is 26.0 Å². The Morgan fingerprint density at radius 3 is 2.53 bits per heavy atom. The summed E-state index contributed by atoms with van der Waals surface area (Å²) in [5.74, 6) is 0. The molecule has 0 saturated carbocycles. The summed E-state index contributed by atoms with van der Waals surface area (Å²) >= 11 is 0. The zero-order valence-electron chi connectivity index (χ0n) is 8.83. The normalized spacial score (nSPS) is 10.2. The van der Waals surface area contributed by atoms with Gasteiger partial charge in [0, 0.05) is 5.69 Å². The van der Waals surface area contributed by atoms with Crippen LogP contribution in [0.25, 0.3) is 0 Å². The maximum absolute atomic E-state index is 5.72. The summed E-state index contributed by atoms with van der Waals surface area (Å²) in [5, 5.41) is 0. The van der Waals surface area contributed by atoms with Crippen molar-refractivity contribution in [3.8, 4) is 0 Å². The third-order valence-corrected chi connectivity index (χ3v) is 2.55. The highest BCUT2D eigenvalue weighted by molar-refractivity contribution is 5.45. The van der Waals surface area contributed by atoms with Crippen LogP contribution in [-0.2, 0) is 6.42 Å². The molecule has 0 unspecified atom stereocenters. The summed E-state index contributed by atoms with van der Waals surface area (Å²) < 4.78 is 0. The van der Waals surface area contributed by atoms with E-state index in [4.69, 9.17) is 5.73 Å². The van der Waals surface area contributed by atoms with Gasteiger partial charge >= 0.3 is 0 Å². The first-order valence-corrected chi connectivity index (χ1v) is 5.06. The van der Waals surface area contributed by atoms with Gasteiger partial charge < -0.3 is 5.73 Å². The average Bonchev–Trinajstić information content (AvgIpc) is 2.24. The second-order valence-corrected chi connectivity index (χ2v) is 3.77. The monoisotopic (exact) mass is 196 g/mol. The highest BCUT2D eigenvalue weighted by Crippen LogP contribution is 2.16. The minimum Gasteiger partial charge on any atom is -0.399 e. The van der Waals surface area contributed by atoms with Crippen molar-refractivity contribution in [2.24, 2.45) is 0 Å². The van der Waals surface area contributed by atoms with E-state index in [1.807, 2.05) is 24.3 Å². The summed E-state index contributed by atoms with van der Waals surface area (Å²) in [6.45, 7) is 2.10. The zero-order chi connectivity index (χ0) is 10.7. The van der Waals surface area contributed by atoms with Crippen LogP contribution in [0, 0.1) is 13.0 Å². The minimum atomic E-state index is 0.831. The molecule has 0 fully saturated rings. The Morgan fingerprint density at radius 2 is 1.87 bits per heavy atom. The molecule has 0 amide bonds. The molecule has 0 atom stereocenters. The molecule has 0 aliphatic carbocycles. The molecule has 0 saturated heterocycles. The van der Waals surface area contributed by atoms with Crippen LogP contribution in [0.3, 0.4) is 0 Å². The van der Waals surface area contributed by atoms with Gasteiger partial charge in [0.05, 0.1) is 0 Å². The highest BCUT2D eigenvalue weighted by Gasteiger charge is 1.99. The van der Waals surface area contributed by atoms with Crippen LogP contribution in [0.2, 0.25) is 0 Å². The van der Waals surface area contributed by atoms with Gasteiger partial charge in [-0.1, -0.05) is 30.3 Å². The molecule has 0 aromatic heterocycles. The van der Waals surface area contributed by atoms with Gasteiger partial charge in [0.2, 0.25) is 0 Å². The minimum absolute atomic E-state index is 0.831. The van der Waals surface area contributed by atoms with E-state index < -0.39 is 0 Å². The van der Waals surface area contributed by atoms with Gasteiger partial charge in [-0.2, -0.15) is 0 Å². The maximum Gasteiger partial charge on any atom is 0.0316 e. The first kappa shape index (κ1) is 9.78. The number of anilines is 1. The Hall–Kier alpha value is -1.76. The van der Waals surface area contributed by atoms with Gasteiger partial charge in [0.15, 0.2) is 0 Å². The van der Waals surface area contributed by atoms with Crippen LogP contribution in [-0.4, -0.2) is 0 Å². The zero-order valence-corrected chi connectivity index (χ0v) is 8.83. The number of rotatable bonds is 2. The lowest BCUT2D eigenvalue weighted by Crippen LogP contribution is -1.93. The molecule has 1 nitrogen and oxygen atoms in total. The Bertz CT molecular complexity index is 446.